The first-order valence-electron chi connectivity index (χ1n) is 31.2. The van der Waals surface area contributed by atoms with Crippen molar-refractivity contribution in [2.75, 3.05) is 56.6 Å². The van der Waals surface area contributed by atoms with Crippen molar-refractivity contribution in [3.8, 4) is 0 Å². The molecule has 8 saturated heterocycles. The Morgan fingerprint density at radius 3 is 0.815 bits per heavy atom. The number of piperidine rings is 4. The Hall–Kier alpha value is -7.68. The van der Waals surface area contributed by atoms with E-state index in [9.17, 15) is 48.6 Å². The van der Waals surface area contributed by atoms with Gasteiger partial charge in [-0.05, 0) is 48.5 Å². The average Bonchev–Trinajstić information content (AvgIpc) is 1.63. The summed E-state index contributed by atoms with van der Waals surface area (Å²) in [5.41, 5.74) is 1.70. The number of aromatic carboxylic acids is 2. The lowest BCUT2D eigenvalue weighted by Crippen LogP contribution is -3.16. The Morgan fingerprint density at radius 2 is 0.576 bits per heavy atom. The van der Waals surface area contributed by atoms with Gasteiger partial charge in [0.05, 0.1) is 115 Å². The van der Waals surface area contributed by atoms with Crippen LogP contribution in [-0.2, 0) is 47.6 Å². The zero-order chi connectivity index (χ0) is 65.3. The van der Waals surface area contributed by atoms with E-state index in [0.717, 1.165) is 77.0 Å². The van der Waals surface area contributed by atoms with E-state index in [1.165, 1.54) is 48.0 Å². The lowest BCUT2D eigenvalue weighted by atomic mass is 9.87. The lowest BCUT2D eigenvalue weighted by molar-refractivity contribution is -0.926. The van der Waals surface area contributed by atoms with Crippen LogP contribution in [-0.4, -0.2) is 209 Å². The summed E-state index contributed by atoms with van der Waals surface area (Å²) in [5, 5.41) is 36.5. The van der Waals surface area contributed by atoms with E-state index >= 15 is 0 Å². The number of ether oxygens (including phenoxy) is 6. The fourth-order valence-electron chi connectivity index (χ4n) is 15.2. The van der Waals surface area contributed by atoms with Crippen molar-refractivity contribution in [2.45, 2.75) is 150 Å². The number of rotatable bonds is 10. The number of carboxylic acid groups (broad SMARTS) is 2. The monoisotopic (exact) mass is 1290 g/mol. The fourth-order valence-corrected chi connectivity index (χ4v) is 15.2. The molecule has 0 saturated carbocycles. The predicted molar refractivity (Wildman–Crippen MR) is 333 cm³/mol. The highest BCUT2D eigenvalue weighted by atomic mass is 16.6. The molecular formula is C68H96N4O20+4. The second-order valence-corrected chi connectivity index (χ2v) is 24.7. The van der Waals surface area contributed by atoms with Crippen LogP contribution in [0.4, 0.5) is 0 Å². The van der Waals surface area contributed by atoms with Gasteiger partial charge in [0.15, 0.2) is 0 Å². The van der Waals surface area contributed by atoms with Crippen molar-refractivity contribution in [2.24, 2.45) is 23.7 Å². The number of aliphatic hydroxyl groups excluding tert-OH is 2. The van der Waals surface area contributed by atoms with Crippen LogP contribution in [0.25, 0.3) is 0 Å². The summed E-state index contributed by atoms with van der Waals surface area (Å²) < 4.78 is 30.8. The number of fused-ring (bicyclic) bond motifs is 8. The van der Waals surface area contributed by atoms with Gasteiger partial charge in [-0.3, -0.25) is 19.2 Å². The highest BCUT2D eigenvalue weighted by Crippen LogP contribution is 2.34. The maximum Gasteiger partial charge on any atom is 0.338 e. The van der Waals surface area contributed by atoms with E-state index in [1.54, 1.807) is 109 Å². The quantitative estimate of drug-likeness (QED) is 0.0711. The first-order chi connectivity index (χ1) is 43.1. The number of esters is 6. The summed E-state index contributed by atoms with van der Waals surface area (Å²) in [7, 11) is 14.1. The summed E-state index contributed by atoms with van der Waals surface area (Å²) in [6.07, 6.45) is 9.59. The molecule has 0 aromatic heterocycles. The van der Waals surface area contributed by atoms with Gasteiger partial charge >= 0.3 is 47.8 Å². The van der Waals surface area contributed by atoms with Gasteiger partial charge in [-0.2, -0.15) is 0 Å². The van der Waals surface area contributed by atoms with Crippen molar-refractivity contribution in [1.29, 1.82) is 0 Å². The van der Waals surface area contributed by atoms with Gasteiger partial charge in [0.25, 0.3) is 0 Å². The third kappa shape index (κ3) is 18.3. The SMILES string of the molecule is COC(=O)C1C(O)CC2CCC1[NH+]2C.COC(=O)C1C(O)CC2CCC1[NH+]2C.COC(=O)C1C(OC(=O)c2ccccc2)CC2CCC1[NH+]2C.COC(=O)C1C(OC(=O)c2ccccc2)CC2CCC1[NH+]2C.O.O.O=C(O)c1ccccc1.O=C(O)c1ccccc1. The van der Waals surface area contributed by atoms with Crippen LogP contribution in [0.15, 0.2) is 121 Å². The molecule has 0 amide bonds. The molecule has 8 fully saturated rings. The predicted octanol–water partition coefficient (Wildman–Crippen LogP) is -0.807. The number of benzene rings is 4. The van der Waals surface area contributed by atoms with Gasteiger partial charge in [-0.15, -0.1) is 0 Å². The molecule has 20 atom stereocenters. The number of methoxy groups -OCH3 is 4. The van der Waals surface area contributed by atoms with Crippen molar-refractivity contribution < 1.29 is 118 Å². The second kappa shape index (κ2) is 35.4. The first-order valence-corrected chi connectivity index (χ1v) is 31.2. The van der Waals surface area contributed by atoms with E-state index in [1.807, 2.05) is 12.1 Å². The molecule has 4 aromatic rings. The molecule has 24 nitrogen and oxygen atoms in total. The van der Waals surface area contributed by atoms with Crippen LogP contribution in [0.3, 0.4) is 0 Å². The summed E-state index contributed by atoms with van der Waals surface area (Å²) in [6.45, 7) is 0. The first kappa shape index (κ1) is 75.0. The number of carbonyl (C=O) groups is 8. The van der Waals surface area contributed by atoms with Crippen molar-refractivity contribution >= 4 is 47.8 Å². The number of quaternary nitrogens is 4. The van der Waals surface area contributed by atoms with Gasteiger partial charge < -0.3 is 79.4 Å². The lowest BCUT2D eigenvalue weighted by Gasteiger charge is -2.38. The molecular weight excluding hydrogens is 1190 g/mol. The van der Waals surface area contributed by atoms with Crippen LogP contribution in [0.5, 0.6) is 0 Å². The van der Waals surface area contributed by atoms with E-state index in [2.05, 4.69) is 28.2 Å². The number of aliphatic hydroxyl groups is 2. The topological polar surface area (TPSA) is 354 Å². The smallest absolute Gasteiger partial charge is 0.338 e. The van der Waals surface area contributed by atoms with E-state index < -0.39 is 24.1 Å². The third-order valence-electron chi connectivity index (χ3n) is 20.1. The van der Waals surface area contributed by atoms with Crippen molar-refractivity contribution in [3.63, 3.8) is 0 Å². The molecule has 20 unspecified atom stereocenters. The van der Waals surface area contributed by atoms with Gasteiger partial charge in [-0.25, -0.2) is 19.2 Å². The summed E-state index contributed by atoms with van der Waals surface area (Å²) >= 11 is 0. The maximum atomic E-state index is 12.3. The molecule has 504 valence electrons. The highest BCUT2D eigenvalue weighted by Gasteiger charge is 2.57. The highest BCUT2D eigenvalue weighted by molar-refractivity contribution is 5.91. The molecule has 8 aliphatic heterocycles. The molecule has 0 radical (unpaired) electrons. The molecule has 8 aliphatic rings. The minimum Gasteiger partial charge on any atom is -0.478 e. The molecule has 12 rings (SSSR count). The molecule has 92 heavy (non-hydrogen) atoms. The molecule has 12 N–H and O–H groups in total. The molecule has 0 spiro atoms. The Labute approximate surface area is 537 Å². The minimum absolute atomic E-state index is 0. The number of hydrogen-bond donors (Lipinski definition) is 8. The number of nitrogens with one attached hydrogen (secondary N) is 4. The van der Waals surface area contributed by atoms with E-state index in [0.29, 0.717) is 46.4 Å². The van der Waals surface area contributed by atoms with Crippen LogP contribution < -0.4 is 19.6 Å². The van der Waals surface area contributed by atoms with Gasteiger partial charge in [0.1, 0.15) is 60.0 Å². The Bertz CT molecular complexity index is 2820. The van der Waals surface area contributed by atoms with Crippen molar-refractivity contribution in [3.05, 3.63) is 144 Å². The van der Waals surface area contributed by atoms with Gasteiger partial charge in [0, 0.05) is 77.0 Å². The standard InChI is InChI=1S/2C17H21NO4.2C10H17NO3.2C7H6O2.2H2O/c2*1-18-12-8-9-13(18)15(17(20)21-2)14(10-12)22-16(19)11-6-4-3-5-7-11;2*1-11-6-3-4-7(11)9(8(12)5-6)10(13)14-2;2*8-7(9)6-4-2-1-3-5-6;;/h2*3-7,12-15H,8-10H2,1-2H3;2*6-9,12H,3-5H2,1-2H3;2*1-5H,(H,8,9);2*1H2/p+4. The molecule has 8 heterocycles. The molecule has 24 heteroatoms. The third-order valence-corrected chi connectivity index (χ3v) is 20.1. The molecule has 4 aromatic carbocycles. The number of carboxylic acids is 2. The molecule has 8 bridgehead atoms. The summed E-state index contributed by atoms with van der Waals surface area (Å²) in [6, 6.07) is 37.3. The number of carbonyl (C=O) groups excluding carboxylic acids is 6. The van der Waals surface area contributed by atoms with Gasteiger partial charge in [-0.1, -0.05) is 72.8 Å². The fraction of sp³-hybridized carbons (Fsp3) is 0.529. The Balaban J connectivity index is 0.000000206. The molecule has 0 aliphatic carbocycles. The van der Waals surface area contributed by atoms with Crippen LogP contribution in [0.1, 0.15) is 118 Å². The zero-order valence-corrected chi connectivity index (χ0v) is 53.8. The van der Waals surface area contributed by atoms with Crippen LogP contribution in [0, 0.1) is 23.7 Å². The second-order valence-electron chi connectivity index (χ2n) is 24.7. The largest absolute Gasteiger partial charge is 0.478 e. The zero-order valence-electron chi connectivity index (χ0n) is 53.8. The Morgan fingerprint density at radius 1 is 0.348 bits per heavy atom. The minimum atomic E-state index is -0.879. The summed E-state index contributed by atoms with van der Waals surface area (Å²) in [4.78, 5) is 98.0. The Kier molecular flexibility index (Phi) is 28.9. The maximum absolute atomic E-state index is 12.3. The van der Waals surface area contributed by atoms with Crippen LogP contribution in [0.2, 0.25) is 0 Å². The van der Waals surface area contributed by atoms with Crippen LogP contribution >= 0.6 is 0 Å². The number of hydrogen-bond acceptors (Lipinski definition) is 16. The van der Waals surface area contributed by atoms with Gasteiger partial charge in [0.2, 0.25) is 0 Å². The van der Waals surface area contributed by atoms with Crippen molar-refractivity contribution in [1.82, 2.24) is 0 Å². The van der Waals surface area contributed by atoms with E-state index in [4.69, 9.17) is 38.6 Å². The normalized spacial score (nSPS) is 31.8. The van der Waals surface area contributed by atoms with E-state index in [-0.39, 0.29) is 107 Å². The average molecular weight is 1290 g/mol. The summed E-state index contributed by atoms with van der Waals surface area (Å²) in [5.74, 6) is -4.86.